The molecule has 0 aliphatic carbocycles. The van der Waals surface area contributed by atoms with Crippen molar-refractivity contribution >= 4 is 16.5 Å². The zero-order valence-electron chi connectivity index (χ0n) is 10.0. The van der Waals surface area contributed by atoms with Gasteiger partial charge < -0.3 is 5.73 Å². The quantitative estimate of drug-likeness (QED) is 0.642. The van der Waals surface area contributed by atoms with Gasteiger partial charge in [0, 0.05) is 17.1 Å². The number of fused-ring (bicyclic) bond motifs is 1. The second-order valence-corrected chi connectivity index (χ2v) is 4.41. The molecule has 3 aromatic rings. The van der Waals surface area contributed by atoms with Crippen LogP contribution in [0.1, 0.15) is 0 Å². The zero-order chi connectivity index (χ0) is 13.4. The Kier molecular flexibility index (Phi) is 2.67. The van der Waals surface area contributed by atoms with E-state index in [1.54, 1.807) is 6.07 Å². The first-order valence-corrected chi connectivity index (χ1v) is 5.89. The number of nitrogens with two attached hydrogens (primary N) is 1. The molecule has 3 heteroatoms. The van der Waals surface area contributed by atoms with Crippen LogP contribution in [0.15, 0.2) is 54.6 Å². The van der Waals surface area contributed by atoms with Crippen molar-refractivity contribution in [1.82, 2.24) is 0 Å². The molecule has 0 fully saturated rings. The van der Waals surface area contributed by atoms with Crippen LogP contribution in [0.2, 0.25) is 0 Å². The topological polar surface area (TPSA) is 26.0 Å². The van der Waals surface area contributed by atoms with Gasteiger partial charge in [0.1, 0.15) is 11.6 Å². The molecule has 0 amide bonds. The van der Waals surface area contributed by atoms with E-state index in [1.165, 1.54) is 12.1 Å². The van der Waals surface area contributed by atoms with Gasteiger partial charge in [-0.15, -0.1) is 0 Å². The normalized spacial score (nSPS) is 10.8. The van der Waals surface area contributed by atoms with Crippen LogP contribution in [0, 0.1) is 11.6 Å². The number of halogens is 2. The van der Waals surface area contributed by atoms with Crippen LogP contribution in [0.4, 0.5) is 14.5 Å². The number of nitrogen functional groups attached to an aromatic ring is 1. The Labute approximate surface area is 109 Å². The molecule has 0 spiro atoms. The van der Waals surface area contributed by atoms with Crippen molar-refractivity contribution in [2.75, 3.05) is 5.73 Å². The Morgan fingerprint density at radius 2 is 1.37 bits per heavy atom. The smallest absolute Gasteiger partial charge is 0.126 e. The lowest BCUT2D eigenvalue weighted by molar-refractivity contribution is 0.584. The summed E-state index contributed by atoms with van der Waals surface area (Å²) >= 11 is 0. The summed E-state index contributed by atoms with van der Waals surface area (Å²) in [6.45, 7) is 0. The maximum Gasteiger partial charge on any atom is 0.126 e. The molecule has 94 valence electrons. The summed E-state index contributed by atoms with van der Waals surface area (Å²) in [5.74, 6) is -1.17. The van der Waals surface area contributed by atoms with Crippen LogP contribution < -0.4 is 5.73 Å². The predicted molar refractivity (Wildman–Crippen MR) is 73.7 cm³/mol. The van der Waals surface area contributed by atoms with Gasteiger partial charge in [-0.25, -0.2) is 8.78 Å². The molecule has 0 saturated carbocycles. The van der Waals surface area contributed by atoms with Crippen LogP contribution >= 0.6 is 0 Å². The third-order valence-electron chi connectivity index (χ3n) is 3.13. The maximum absolute atomic E-state index is 13.3. The Balaban J connectivity index is 2.33. The fourth-order valence-corrected chi connectivity index (χ4v) is 2.30. The van der Waals surface area contributed by atoms with E-state index in [0.29, 0.717) is 11.3 Å². The third kappa shape index (κ3) is 2.03. The lowest BCUT2D eigenvalue weighted by Crippen LogP contribution is -1.89. The SMILES string of the molecule is Nc1cccc2c(-c3cc(F)cc(F)c3)cccc12. The standard InChI is InChI=1S/C16H11F2N/c17-11-7-10(8-12(18)9-11)13-3-1-5-15-14(13)4-2-6-16(15)19/h1-9H,19H2. The molecular formula is C16H11F2N. The second-order valence-electron chi connectivity index (χ2n) is 4.41. The Hall–Kier alpha value is -2.42. The highest BCUT2D eigenvalue weighted by atomic mass is 19.1. The average molecular weight is 255 g/mol. The highest BCUT2D eigenvalue weighted by Crippen LogP contribution is 2.31. The fourth-order valence-electron chi connectivity index (χ4n) is 2.30. The molecule has 1 nitrogen and oxygen atoms in total. The largest absolute Gasteiger partial charge is 0.398 e. The summed E-state index contributed by atoms with van der Waals surface area (Å²) in [6.07, 6.45) is 0. The van der Waals surface area contributed by atoms with E-state index >= 15 is 0 Å². The van der Waals surface area contributed by atoms with Crippen molar-refractivity contribution in [3.63, 3.8) is 0 Å². The summed E-state index contributed by atoms with van der Waals surface area (Å²) in [7, 11) is 0. The Bertz CT molecular complexity index is 746. The molecule has 0 bridgehead atoms. The average Bonchev–Trinajstić information content (AvgIpc) is 2.37. The van der Waals surface area contributed by atoms with Crippen molar-refractivity contribution in [2.24, 2.45) is 0 Å². The number of hydrogen-bond acceptors (Lipinski definition) is 1. The van der Waals surface area contributed by atoms with Crippen LogP contribution in [-0.4, -0.2) is 0 Å². The molecule has 0 heterocycles. The first-order valence-electron chi connectivity index (χ1n) is 5.89. The molecule has 0 aliphatic heterocycles. The molecule has 19 heavy (non-hydrogen) atoms. The first kappa shape index (κ1) is 11.7. The maximum atomic E-state index is 13.3. The van der Waals surface area contributed by atoms with Gasteiger partial charge in [0.05, 0.1) is 0 Å². The van der Waals surface area contributed by atoms with Gasteiger partial charge in [-0.2, -0.15) is 0 Å². The monoisotopic (exact) mass is 255 g/mol. The molecular weight excluding hydrogens is 244 g/mol. The van der Waals surface area contributed by atoms with E-state index < -0.39 is 11.6 Å². The third-order valence-corrected chi connectivity index (χ3v) is 3.13. The van der Waals surface area contributed by atoms with Crippen molar-refractivity contribution < 1.29 is 8.78 Å². The lowest BCUT2D eigenvalue weighted by Gasteiger charge is -2.09. The molecule has 2 N–H and O–H groups in total. The molecule has 0 atom stereocenters. The van der Waals surface area contributed by atoms with E-state index in [2.05, 4.69) is 0 Å². The molecule has 0 aliphatic rings. The highest BCUT2D eigenvalue weighted by Gasteiger charge is 2.08. The number of benzene rings is 3. The van der Waals surface area contributed by atoms with E-state index in [9.17, 15) is 8.78 Å². The number of hydrogen-bond donors (Lipinski definition) is 1. The fraction of sp³-hybridized carbons (Fsp3) is 0. The van der Waals surface area contributed by atoms with Crippen LogP contribution in [0.3, 0.4) is 0 Å². The molecule has 3 aromatic carbocycles. The van der Waals surface area contributed by atoms with Crippen LogP contribution in [0.5, 0.6) is 0 Å². The van der Waals surface area contributed by atoms with Gasteiger partial charge in [-0.1, -0.05) is 30.3 Å². The van der Waals surface area contributed by atoms with Gasteiger partial charge in [-0.05, 0) is 34.7 Å². The van der Waals surface area contributed by atoms with Crippen molar-refractivity contribution in [3.05, 3.63) is 66.2 Å². The van der Waals surface area contributed by atoms with Gasteiger partial charge >= 0.3 is 0 Å². The van der Waals surface area contributed by atoms with Gasteiger partial charge in [0.2, 0.25) is 0 Å². The number of rotatable bonds is 1. The van der Waals surface area contributed by atoms with Gasteiger partial charge in [-0.3, -0.25) is 0 Å². The first-order chi connectivity index (χ1) is 9.15. The highest BCUT2D eigenvalue weighted by molar-refractivity contribution is 6.02. The minimum Gasteiger partial charge on any atom is -0.398 e. The molecule has 0 unspecified atom stereocenters. The zero-order valence-corrected chi connectivity index (χ0v) is 10.0. The summed E-state index contributed by atoms with van der Waals surface area (Å²) in [5, 5.41) is 1.76. The molecule has 3 rings (SSSR count). The second kappa shape index (κ2) is 4.35. The number of anilines is 1. The summed E-state index contributed by atoms with van der Waals surface area (Å²) < 4.78 is 26.7. The minimum absolute atomic E-state index is 0.508. The van der Waals surface area contributed by atoms with Crippen molar-refractivity contribution in [2.45, 2.75) is 0 Å². The van der Waals surface area contributed by atoms with Crippen LogP contribution in [-0.2, 0) is 0 Å². The van der Waals surface area contributed by atoms with Gasteiger partial charge in [0.15, 0.2) is 0 Å². The summed E-state index contributed by atoms with van der Waals surface area (Å²) in [5.41, 5.74) is 7.84. The van der Waals surface area contributed by atoms with Crippen molar-refractivity contribution in [3.8, 4) is 11.1 Å². The molecule has 0 saturated heterocycles. The molecule has 0 aromatic heterocycles. The lowest BCUT2D eigenvalue weighted by atomic mass is 9.97. The van der Waals surface area contributed by atoms with Crippen LogP contribution in [0.25, 0.3) is 21.9 Å². The molecule has 0 radical (unpaired) electrons. The van der Waals surface area contributed by atoms with E-state index in [-0.39, 0.29) is 0 Å². The van der Waals surface area contributed by atoms with E-state index in [4.69, 9.17) is 5.73 Å². The predicted octanol–water partition coefficient (Wildman–Crippen LogP) is 4.37. The van der Waals surface area contributed by atoms with Crippen molar-refractivity contribution in [1.29, 1.82) is 0 Å². The van der Waals surface area contributed by atoms with Gasteiger partial charge in [0.25, 0.3) is 0 Å². The summed E-state index contributed by atoms with van der Waals surface area (Å²) in [6, 6.07) is 14.6. The summed E-state index contributed by atoms with van der Waals surface area (Å²) in [4.78, 5) is 0. The van der Waals surface area contributed by atoms with E-state index in [1.807, 2.05) is 30.3 Å². The Morgan fingerprint density at radius 1 is 0.737 bits per heavy atom. The minimum atomic E-state index is -0.587. The Morgan fingerprint density at radius 3 is 2.11 bits per heavy atom. The van der Waals surface area contributed by atoms with E-state index in [0.717, 1.165) is 22.4 Å².